The van der Waals surface area contributed by atoms with E-state index in [-0.39, 0.29) is 23.5 Å². The van der Waals surface area contributed by atoms with Crippen LogP contribution in [0.15, 0.2) is 53.7 Å². The lowest BCUT2D eigenvalue weighted by Crippen LogP contribution is -2.33. The van der Waals surface area contributed by atoms with Gasteiger partial charge < -0.3 is 5.32 Å². The van der Waals surface area contributed by atoms with Crippen molar-refractivity contribution in [3.05, 3.63) is 65.7 Å². The topological polar surface area (TPSA) is 63.1 Å². The number of thioether (sulfide) groups is 1. The number of amides is 1. The van der Waals surface area contributed by atoms with Crippen LogP contribution in [0.5, 0.6) is 0 Å². The van der Waals surface area contributed by atoms with Crippen LogP contribution >= 0.6 is 11.8 Å². The zero-order valence-electron chi connectivity index (χ0n) is 20.7. The molecule has 0 radical (unpaired) electrons. The summed E-state index contributed by atoms with van der Waals surface area (Å²) in [6.07, 6.45) is 4.61. The van der Waals surface area contributed by atoms with Gasteiger partial charge in [-0.25, -0.2) is 4.39 Å². The summed E-state index contributed by atoms with van der Waals surface area (Å²) in [5.41, 5.74) is 2.78. The summed E-state index contributed by atoms with van der Waals surface area (Å²) in [5.74, 6) is 0.987. The van der Waals surface area contributed by atoms with Crippen molar-refractivity contribution >= 4 is 23.4 Å². The summed E-state index contributed by atoms with van der Waals surface area (Å²) in [6, 6.07) is 14.4. The van der Waals surface area contributed by atoms with E-state index in [1.807, 2.05) is 22.8 Å². The molecule has 1 aliphatic rings. The number of para-hydroxylation sites is 1. The Kier molecular flexibility index (Phi) is 8.57. The van der Waals surface area contributed by atoms with Gasteiger partial charge in [-0.2, -0.15) is 0 Å². The van der Waals surface area contributed by atoms with Crippen LogP contribution in [0.2, 0.25) is 0 Å². The van der Waals surface area contributed by atoms with Gasteiger partial charge in [0.1, 0.15) is 5.82 Å². The van der Waals surface area contributed by atoms with Gasteiger partial charge in [0.2, 0.25) is 5.91 Å². The highest BCUT2D eigenvalue weighted by molar-refractivity contribution is 7.99. The molecule has 1 aromatic heterocycles. The number of hydrogen-bond acceptors (Lipinski definition) is 5. The lowest BCUT2D eigenvalue weighted by Gasteiger charge is -2.31. The van der Waals surface area contributed by atoms with Crippen LogP contribution in [0.25, 0.3) is 5.69 Å². The fourth-order valence-corrected chi connectivity index (χ4v) is 5.28. The summed E-state index contributed by atoms with van der Waals surface area (Å²) in [6.45, 7) is 8.50. The third-order valence-corrected chi connectivity index (χ3v) is 7.69. The van der Waals surface area contributed by atoms with Crippen LogP contribution < -0.4 is 5.32 Å². The predicted octanol–water partition coefficient (Wildman–Crippen LogP) is 6.20. The number of rotatable bonds is 9. The summed E-state index contributed by atoms with van der Waals surface area (Å²) < 4.78 is 15.6. The van der Waals surface area contributed by atoms with E-state index in [0.29, 0.717) is 11.1 Å². The molecule has 1 aliphatic heterocycles. The number of aromatic nitrogens is 3. The van der Waals surface area contributed by atoms with Gasteiger partial charge in [0, 0.05) is 11.4 Å². The van der Waals surface area contributed by atoms with Crippen LogP contribution in [-0.4, -0.2) is 44.4 Å². The maximum Gasteiger partial charge on any atom is 0.234 e. The van der Waals surface area contributed by atoms with Crippen molar-refractivity contribution in [2.75, 3.05) is 24.2 Å². The molecule has 6 nitrogen and oxygen atoms in total. The summed E-state index contributed by atoms with van der Waals surface area (Å²) in [5, 5.41) is 12.7. The van der Waals surface area contributed by atoms with Gasteiger partial charge in [0.05, 0.1) is 11.8 Å². The van der Waals surface area contributed by atoms with Gasteiger partial charge in [0.25, 0.3) is 0 Å². The second-order valence-corrected chi connectivity index (χ2v) is 10.1. The number of carbonyl (C=O) groups is 1. The zero-order chi connectivity index (χ0) is 24.8. The average molecular weight is 496 g/mol. The lowest BCUT2D eigenvalue weighted by molar-refractivity contribution is -0.113. The minimum Gasteiger partial charge on any atom is -0.325 e. The first-order valence-corrected chi connectivity index (χ1v) is 13.4. The van der Waals surface area contributed by atoms with Crippen LogP contribution in [0.1, 0.15) is 69.8 Å². The highest BCUT2D eigenvalue weighted by atomic mass is 32.2. The molecule has 2 aromatic carbocycles. The molecule has 35 heavy (non-hydrogen) atoms. The second kappa shape index (κ2) is 11.8. The molecule has 1 amide bonds. The van der Waals surface area contributed by atoms with E-state index >= 15 is 0 Å². The van der Waals surface area contributed by atoms with Gasteiger partial charge in [0.15, 0.2) is 11.0 Å². The molecule has 0 aliphatic carbocycles. The van der Waals surface area contributed by atoms with Gasteiger partial charge in [-0.3, -0.25) is 14.3 Å². The molecule has 1 fully saturated rings. The Morgan fingerprint density at radius 1 is 1.06 bits per heavy atom. The molecule has 0 unspecified atom stereocenters. The summed E-state index contributed by atoms with van der Waals surface area (Å²) in [4.78, 5) is 15.3. The quantitative estimate of drug-likeness (QED) is 0.358. The highest BCUT2D eigenvalue weighted by Crippen LogP contribution is 2.30. The number of halogens is 1. The fraction of sp³-hybridized carbons (Fsp3) is 0.444. The van der Waals surface area contributed by atoms with Crippen molar-refractivity contribution in [2.24, 2.45) is 0 Å². The van der Waals surface area contributed by atoms with Crippen LogP contribution in [0, 0.1) is 5.82 Å². The first kappa shape index (κ1) is 25.4. The van der Waals surface area contributed by atoms with Crippen molar-refractivity contribution < 1.29 is 9.18 Å². The SMILES string of the molecule is CC[C@@H](C)c1ccccc1NC(=O)CSc1nnc([C@@H](C)N2CCCCC2)n1-c1ccc(F)cc1. The summed E-state index contributed by atoms with van der Waals surface area (Å²) in [7, 11) is 0. The van der Waals surface area contributed by atoms with Crippen molar-refractivity contribution in [3.63, 3.8) is 0 Å². The Morgan fingerprint density at radius 3 is 2.49 bits per heavy atom. The second-order valence-electron chi connectivity index (χ2n) is 9.16. The Morgan fingerprint density at radius 2 is 1.77 bits per heavy atom. The number of nitrogens with one attached hydrogen (secondary N) is 1. The largest absolute Gasteiger partial charge is 0.325 e. The molecule has 3 aromatic rings. The van der Waals surface area contributed by atoms with Gasteiger partial charge in [-0.1, -0.05) is 50.2 Å². The smallest absolute Gasteiger partial charge is 0.234 e. The van der Waals surface area contributed by atoms with E-state index in [2.05, 4.69) is 47.3 Å². The third-order valence-electron chi connectivity index (χ3n) is 6.77. The molecule has 0 saturated carbocycles. The highest BCUT2D eigenvalue weighted by Gasteiger charge is 2.26. The molecule has 186 valence electrons. The standard InChI is InChI=1S/C27H34FN5OS/c1-4-19(2)23-10-6-7-11-24(23)29-25(34)18-35-27-31-30-26(20(3)32-16-8-5-9-17-32)33(27)22-14-12-21(28)13-15-22/h6-7,10-15,19-20H,4-5,8-9,16-18H2,1-3H3,(H,29,34)/t19-,20-/m1/s1. The van der Waals surface area contributed by atoms with Crippen LogP contribution in [-0.2, 0) is 4.79 Å². The van der Waals surface area contributed by atoms with E-state index in [1.54, 1.807) is 12.1 Å². The maximum absolute atomic E-state index is 13.6. The first-order valence-electron chi connectivity index (χ1n) is 12.4. The maximum atomic E-state index is 13.6. The van der Waals surface area contributed by atoms with E-state index < -0.39 is 0 Å². The third kappa shape index (κ3) is 6.11. The van der Waals surface area contributed by atoms with Crippen molar-refractivity contribution in [2.45, 2.75) is 63.6 Å². The number of nitrogens with zero attached hydrogens (tertiary/aromatic N) is 4. The Labute approximate surface area is 211 Å². The molecule has 1 saturated heterocycles. The van der Waals surface area contributed by atoms with E-state index in [9.17, 15) is 9.18 Å². The van der Waals surface area contributed by atoms with Crippen molar-refractivity contribution in [1.29, 1.82) is 0 Å². The monoisotopic (exact) mass is 495 g/mol. The first-order chi connectivity index (χ1) is 17.0. The zero-order valence-corrected chi connectivity index (χ0v) is 21.5. The number of anilines is 1. The van der Waals surface area contributed by atoms with Crippen LogP contribution in [0.3, 0.4) is 0 Å². The van der Waals surface area contributed by atoms with Crippen LogP contribution in [0.4, 0.5) is 10.1 Å². The number of likely N-dealkylation sites (tertiary alicyclic amines) is 1. The minimum absolute atomic E-state index is 0.0680. The van der Waals surface area contributed by atoms with Gasteiger partial charge in [-0.05, 0) is 81.1 Å². The van der Waals surface area contributed by atoms with Crippen molar-refractivity contribution in [1.82, 2.24) is 19.7 Å². The summed E-state index contributed by atoms with van der Waals surface area (Å²) >= 11 is 1.34. The molecule has 1 N–H and O–H groups in total. The molecule has 8 heteroatoms. The number of hydrogen-bond donors (Lipinski definition) is 1. The molecular weight excluding hydrogens is 461 g/mol. The normalized spacial score (nSPS) is 16.1. The molecular formula is C27H34FN5OS. The number of benzene rings is 2. The molecule has 0 spiro atoms. The van der Waals surface area contributed by atoms with Gasteiger partial charge in [-0.15, -0.1) is 10.2 Å². The minimum atomic E-state index is -0.291. The van der Waals surface area contributed by atoms with Crippen molar-refractivity contribution in [3.8, 4) is 5.69 Å². The molecule has 2 atom stereocenters. The Balaban J connectivity index is 1.54. The number of carbonyl (C=O) groups excluding carboxylic acids is 1. The van der Waals surface area contributed by atoms with E-state index in [0.717, 1.165) is 42.3 Å². The predicted molar refractivity (Wildman–Crippen MR) is 140 cm³/mol. The average Bonchev–Trinajstić information content (AvgIpc) is 3.31. The molecule has 0 bridgehead atoms. The Hall–Kier alpha value is -2.71. The Bertz CT molecular complexity index is 1130. The van der Waals surface area contributed by atoms with E-state index in [4.69, 9.17) is 0 Å². The molecule has 2 heterocycles. The van der Waals surface area contributed by atoms with E-state index in [1.165, 1.54) is 43.2 Å². The van der Waals surface area contributed by atoms with Gasteiger partial charge >= 0.3 is 0 Å². The fourth-order valence-electron chi connectivity index (χ4n) is 4.52. The lowest BCUT2D eigenvalue weighted by atomic mass is 9.97. The molecule has 4 rings (SSSR count). The number of piperidine rings is 1.